The number of amides is 1. The van der Waals surface area contributed by atoms with Crippen LogP contribution in [0.5, 0.6) is 0 Å². The van der Waals surface area contributed by atoms with Crippen molar-refractivity contribution in [2.75, 3.05) is 32.1 Å². The largest absolute Gasteiger partial charge is 0.468 e. The Kier molecular flexibility index (Phi) is 6.17. The van der Waals surface area contributed by atoms with Crippen LogP contribution in [-0.2, 0) is 14.3 Å². The monoisotopic (exact) mass is 282 g/mol. The standard InChI is InChI=1S/C13H22N4O3/c1-5-16(9-13(19)20-4)8-12(18)15-11-6-7-14-17(11)10(2)3/h6-7,10H,5,8-9H2,1-4H3,(H,15,18). The van der Waals surface area contributed by atoms with Crippen LogP contribution >= 0.6 is 0 Å². The highest BCUT2D eigenvalue weighted by Gasteiger charge is 2.15. The van der Waals surface area contributed by atoms with Gasteiger partial charge in [0, 0.05) is 12.1 Å². The molecule has 1 amide bonds. The van der Waals surface area contributed by atoms with E-state index in [4.69, 9.17) is 0 Å². The number of carbonyl (C=O) groups excluding carboxylic acids is 2. The van der Waals surface area contributed by atoms with E-state index >= 15 is 0 Å². The average Bonchev–Trinajstić information content (AvgIpc) is 2.85. The van der Waals surface area contributed by atoms with Gasteiger partial charge in [0.05, 0.1) is 26.4 Å². The van der Waals surface area contributed by atoms with E-state index in [1.807, 2.05) is 20.8 Å². The van der Waals surface area contributed by atoms with Gasteiger partial charge in [-0.2, -0.15) is 5.10 Å². The Morgan fingerprint density at radius 1 is 1.45 bits per heavy atom. The number of rotatable bonds is 7. The lowest BCUT2D eigenvalue weighted by Gasteiger charge is -2.18. The highest BCUT2D eigenvalue weighted by molar-refractivity contribution is 5.91. The first kappa shape index (κ1) is 16.2. The summed E-state index contributed by atoms with van der Waals surface area (Å²) in [7, 11) is 1.33. The smallest absolute Gasteiger partial charge is 0.319 e. The summed E-state index contributed by atoms with van der Waals surface area (Å²) in [4.78, 5) is 24.9. The Hall–Kier alpha value is -1.89. The van der Waals surface area contributed by atoms with Gasteiger partial charge in [-0.1, -0.05) is 6.92 Å². The summed E-state index contributed by atoms with van der Waals surface area (Å²) in [6.07, 6.45) is 1.64. The van der Waals surface area contributed by atoms with E-state index < -0.39 is 0 Å². The first-order valence-electron chi connectivity index (χ1n) is 6.60. The molecule has 7 heteroatoms. The molecule has 0 spiro atoms. The molecule has 112 valence electrons. The first-order chi connectivity index (χ1) is 9.47. The molecule has 0 fully saturated rings. The van der Waals surface area contributed by atoms with Crippen molar-refractivity contribution in [1.29, 1.82) is 0 Å². The molecule has 1 aromatic heterocycles. The number of nitrogens with one attached hydrogen (secondary N) is 1. The Labute approximate surface area is 118 Å². The number of carbonyl (C=O) groups is 2. The minimum Gasteiger partial charge on any atom is -0.468 e. The zero-order valence-electron chi connectivity index (χ0n) is 12.4. The second kappa shape index (κ2) is 7.64. The SMILES string of the molecule is CCN(CC(=O)Nc1ccnn1C(C)C)CC(=O)OC. The van der Waals surface area contributed by atoms with Gasteiger partial charge in [-0.05, 0) is 20.4 Å². The molecule has 0 aliphatic carbocycles. The normalized spacial score (nSPS) is 10.9. The molecule has 0 bridgehead atoms. The molecule has 0 unspecified atom stereocenters. The summed E-state index contributed by atoms with van der Waals surface area (Å²) in [6.45, 7) is 6.68. The van der Waals surface area contributed by atoms with Gasteiger partial charge in [0.1, 0.15) is 5.82 Å². The zero-order valence-corrected chi connectivity index (χ0v) is 12.4. The summed E-state index contributed by atoms with van der Waals surface area (Å²) in [5.74, 6) is 0.115. The van der Waals surface area contributed by atoms with Gasteiger partial charge < -0.3 is 10.1 Å². The van der Waals surface area contributed by atoms with Crippen molar-refractivity contribution >= 4 is 17.7 Å². The number of aromatic nitrogens is 2. The first-order valence-corrected chi connectivity index (χ1v) is 6.60. The molecule has 0 atom stereocenters. The molecular formula is C13H22N4O3. The lowest BCUT2D eigenvalue weighted by Crippen LogP contribution is -2.37. The molecule has 0 aliphatic heterocycles. The van der Waals surface area contributed by atoms with E-state index in [0.717, 1.165) is 0 Å². The molecular weight excluding hydrogens is 260 g/mol. The molecule has 0 saturated carbocycles. The summed E-state index contributed by atoms with van der Waals surface area (Å²) in [5, 5.41) is 6.94. The number of hydrogen-bond donors (Lipinski definition) is 1. The highest BCUT2D eigenvalue weighted by atomic mass is 16.5. The van der Waals surface area contributed by atoms with Gasteiger partial charge >= 0.3 is 5.97 Å². The molecule has 1 heterocycles. The fraction of sp³-hybridized carbons (Fsp3) is 0.615. The molecule has 20 heavy (non-hydrogen) atoms. The minimum atomic E-state index is -0.355. The summed E-state index contributed by atoms with van der Waals surface area (Å²) >= 11 is 0. The average molecular weight is 282 g/mol. The van der Waals surface area contributed by atoms with Crippen molar-refractivity contribution in [3.8, 4) is 0 Å². The van der Waals surface area contributed by atoms with Crippen LogP contribution in [0.25, 0.3) is 0 Å². The Morgan fingerprint density at radius 3 is 2.70 bits per heavy atom. The lowest BCUT2D eigenvalue weighted by atomic mass is 10.4. The van der Waals surface area contributed by atoms with Gasteiger partial charge in [-0.15, -0.1) is 0 Å². The van der Waals surface area contributed by atoms with Crippen molar-refractivity contribution in [2.45, 2.75) is 26.8 Å². The van der Waals surface area contributed by atoms with Crippen LogP contribution in [0.1, 0.15) is 26.8 Å². The maximum Gasteiger partial charge on any atom is 0.319 e. The van der Waals surface area contributed by atoms with Crippen LogP contribution in [0.3, 0.4) is 0 Å². The van der Waals surface area contributed by atoms with Crippen molar-refractivity contribution in [2.24, 2.45) is 0 Å². The van der Waals surface area contributed by atoms with E-state index in [2.05, 4.69) is 15.2 Å². The maximum absolute atomic E-state index is 12.0. The second-order valence-corrected chi connectivity index (χ2v) is 4.68. The van der Waals surface area contributed by atoms with Crippen molar-refractivity contribution in [1.82, 2.24) is 14.7 Å². The highest BCUT2D eigenvalue weighted by Crippen LogP contribution is 2.12. The maximum atomic E-state index is 12.0. The molecule has 0 aromatic carbocycles. The molecule has 7 nitrogen and oxygen atoms in total. The predicted molar refractivity (Wildman–Crippen MR) is 75.4 cm³/mol. The third-order valence-electron chi connectivity index (χ3n) is 2.82. The van der Waals surface area contributed by atoms with E-state index in [9.17, 15) is 9.59 Å². The van der Waals surface area contributed by atoms with Crippen LogP contribution < -0.4 is 5.32 Å². The fourth-order valence-corrected chi connectivity index (χ4v) is 1.74. The van der Waals surface area contributed by atoms with Crippen LogP contribution in [0.15, 0.2) is 12.3 Å². The number of esters is 1. The van der Waals surface area contributed by atoms with Crippen molar-refractivity contribution < 1.29 is 14.3 Å². The van der Waals surface area contributed by atoms with Crippen LogP contribution in [0, 0.1) is 0 Å². The minimum absolute atomic E-state index is 0.101. The van der Waals surface area contributed by atoms with Gasteiger partial charge in [0.2, 0.25) is 5.91 Å². The Bertz CT molecular complexity index is 456. The van der Waals surface area contributed by atoms with Crippen molar-refractivity contribution in [3.63, 3.8) is 0 Å². The summed E-state index contributed by atoms with van der Waals surface area (Å²) in [5.41, 5.74) is 0. The molecule has 1 N–H and O–H groups in total. The predicted octanol–water partition coefficient (Wildman–Crippen LogP) is 0.897. The number of hydrogen-bond acceptors (Lipinski definition) is 5. The van der Waals surface area contributed by atoms with E-state index in [1.165, 1.54) is 7.11 Å². The van der Waals surface area contributed by atoms with Gasteiger partial charge in [0.25, 0.3) is 0 Å². The molecule has 1 aromatic rings. The fourth-order valence-electron chi connectivity index (χ4n) is 1.74. The van der Waals surface area contributed by atoms with E-state index in [-0.39, 0.29) is 31.0 Å². The topological polar surface area (TPSA) is 76.5 Å². The lowest BCUT2D eigenvalue weighted by molar-refractivity contribution is -0.142. The number of methoxy groups -OCH3 is 1. The number of anilines is 1. The Morgan fingerprint density at radius 2 is 2.15 bits per heavy atom. The van der Waals surface area contributed by atoms with Gasteiger partial charge in [-0.3, -0.25) is 14.5 Å². The van der Waals surface area contributed by atoms with E-state index in [1.54, 1.807) is 21.8 Å². The number of likely N-dealkylation sites (N-methyl/N-ethyl adjacent to an activating group) is 1. The zero-order chi connectivity index (χ0) is 15.1. The number of nitrogens with zero attached hydrogens (tertiary/aromatic N) is 3. The summed E-state index contributed by atoms with van der Waals surface area (Å²) in [6, 6.07) is 1.91. The second-order valence-electron chi connectivity index (χ2n) is 4.68. The molecule has 0 radical (unpaired) electrons. The van der Waals surface area contributed by atoms with Crippen LogP contribution in [0.2, 0.25) is 0 Å². The molecule has 0 saturated heterocycles. The molecule has 1 rings (SSSR count). The van der Waals surface area contributed by atoms with Gasteiger partial charge in [-0.25, -0.2) is 4.68 Å². The third-order valence-corrected chi connectivity index (χ3v) is 2.82. The third kappa shape index (κ3) is 4.65. The van der Waals surface area contributed by atoms with E-state index in [0.29, 0.717) is 12.4 Å². The quantitative estimate of drug-likeness (QED) is 0.752. The van der Waals surface area contributed by atoms with Crippen LogP contribution in [0.4, 0.5) is 5.82 Å². The van der Waals surface area contributed by atoms with Gasteiger partial charge in [0.15, 0.2) is 0 Å². The summed E-state index contributed by atoms with van der Waals surface area (Å²) < 4.78 is 6.32. The Balaban J connectivity index is 2.57. The van der Waals surface area contributed by atoms with Crippen LogP contribution in [-0.4, -0.2) is 53.3 Å². The van der Waals surface area contributed by atoms with Crippen molar-refractivity contribution in [3.05, 3.63) is 12.3 Å². The molecule has 0 aliphatic rings. The number of ether oxygens (including phenoxy) is 1.